The van der Waals surface area contributed by atoms with Gasteiger partial charge in [0.1, 0.15) is 6.10 Å². The summed E-state index contributed by atoms with van der Waals surface area (Å²) >= 11 is 0. The molecule has 106 valence electrons. The lowest BCUT2D eigenvalue weighted by Crippen LogP contribution is -2.46. The van der Waals surface area contributed by atoms with Gasteiger partial charge in [-0.2, -0.15) is 0 Å². The van der Waals surface area contributed by atoms with Crippen molar-refractivity contribution in [1.82, 2.24) is 0 Å². The molecular weight excluding hydrogens is 244 g/mol. The van der Waals surface area contributed by atoms with Crippen molar-refractivity contribution in [3.8, 4) is 0 Å². The minimum atomic E-state index is -1.79. The highest BCUT2D eigenvalue weighted by atomic mass is 16.9. The Hall–Kier alpha value is -0.730. The van der Waals surface area contributed by atoms with Crippen LogP contribution in [-0.4, -0.2) is 65.8 Å². The number of carbonyl (C=O) groups is 1. The summed E-state index contributed by atoms with van der Waals surface area (Å²) in [6.45, 7) is 2.08. The Bertz CT molecular complexity index is 240. The third kappa shape index (κ3) is 4.51. The highest BCUT2D eigenvalue weighted by Crippen LogP contribution is 2.14. The van der Waals surface area contributed by atoms with E-state index in [1.54, 1.807) is 0 Å². The van der Waals surface area contributed by atoms with Crippen LogP contribution in [0.4, 0.5) is 0 Å². The van der Waals surface area contributed by atoms with E-state index >= 15 is 0 Å². The summed E-state index contributed by atoms with van der Waals surface area (Å²) in [5, 5.41) is 0. The van der Waals surface area contributed by atoms with Gasteiger partial charge in [0.15, 0.2) is 0 Å². The summed E-state index contributed by atoms with van der Waals surface area (Å²) < 4.78 is 29.8. The molecule has 0 aliphatic carbocycles. The van der Waals surface area contributed by atoms with E-state index in [9.17, 15) is 4.79 Å². The number of esters is 1. The van der Waals surface area contributed by atoms with Gasteiger partial charge in [0.2, 0.25) is 0 Å². The van der Waals surface area contributed by atoms with Crippen LogP contribution in [0.2, 0.25) is 0 Å². The summed E-state index contributed by atoms with van der Waals surface area (Å²) in [7, 11) is 3.90. The number of methoxy groups -OCH3 is 3. The smallest absolute Gasteiger partial charge is 0.398 e. The van der Waals surface area contributed by atoms with Crippen LogP contribution in [0.5, 0.6) is 0 Å². The molecule has 7 heteroatoms. The highest BCUT2D eigenvalue weighted by molar-refractivity contribution is 5.76. The number of hydrogen-bond acceptors (Lipinski definition) is 7. The Morgan fingerprint density at radius 2 is 1.83 bits per heavy atom. The van der Waals surface area contributed by atoms with E-state index in [4.69, 9.17) is 28.4 Å². The van der Waals surface area contributed by atoms with Crippen LogP contribution in [0.3, 0.4) is 0 Å². The second kappa shape index (κ2) is 7.65. The molecule has 0 spiro atoms. The molecular formula is C11H20O7. The molecule has 0 N–H and O–H groups in total. The average molecular weight is 264 g/mol. The topological polar surface area (TPSA) is 75.8 Å². The van der Waals surface area contributed by atoms with Gasteiger partial charge < -0.3 is 28.4 Å². The van der Waals surface area contributed by atoms with Gasteiger partial charge >= 0.3 is 11.9 Å². The van der Waals surface area contributed by atoms with Gasteiger partial charge in [-0.15, -0.1) is 0 Å². The van der Waals surface area contributed by atoms with Gasteiger partial charge in [-0.05, 0) is 0 Å². The average Bonchev–Trinajstić information content (AvgIpc) is 3.20. The fraction of sp³-hybridized carbons (Fsp3) is 0.909. The number of rotatable bonds is 10. The molecule has 18 heavy (non-hydrogen) atoms. The minimum Gasteiger partial charge on any atom is -0.460 e. The maximum atomic E-state index is 11.7. The van der Waals surface area contributed by atoms with Crippen molar-refractivity contribution in [3.05, 3.63) is 0 Å². The summed E-state index contributed by atoms with van der Waals surface area (Å²) in [6, 6.07) is 0. The number of ether oxygens (including phenoxy) is 6. The van der Waals surface area contributed by atoms with E-state index in [1.807, 2.05) is 0 Å². The molecule has 1 aliphatic heterocycles. The van der Waals surface area contributed by atoms with Gasteiger partial charge in [-0.3, -0.25) is 0 Å². The van der Waals surface area contributed by atoms with Crippen LogP contribution < -0.4 is 0 Å². The lowest BCUT2D eigenvalue weighted by Gasteiger charge is -2.25. The predicted octanol–water partition coefficient (Wildman–Crippen LogP) is -0.0719. The van der Waals surface area contributed by atoms with Crippen LogP contribution >= 0.6 is 0 Å². The summed E-state index contributed by atoms with van der Waals surface area (Å²) in [5.41, 5.74) is 0. The van der Waals surface area contributed by atoms with Crippen molar-refractivity contribution in [2.24, 2.45) is 0 Å². The lowest BCUT2D eigenvalue weighted by atomic mass is 10.4. The van der Waals surface area contributed by atoms with Crippen molar-refractivity contribution < 1.29 is 33.2 Å². The first-order valence-electron chi connectivity index (χ1n) is 5.70. The van der Waals surface area contributed by atoms with Gasteiger partial charge in [-0.25, -0.2) is 4.79 Å². The number of carbonyl (C=O) groups excluding carboxylic acids is 1. The molecule has 1 aliphatic rings. The molecule has 0 aromatic rings. The first kappa shape index (κ1) is 15.3. The normalized spacial score (nSPS) is 18.7. The minimum absolute atomic E-state index is 0.211. The van der Waals surface area contributed by atoms with Gasteiger partial charge in [0.05, 0.1) is 19.8 Å². The molecule has 7 nitrogen and oxygen atoms in total. The van der Waals surface area contributed by atoms with E-state index < -0.39 is 11.9 Å². The lowest BCUT2D eigenvalue weighted by molar-refractivity contribution is -0.338. The molecule has 1 rings (SSSR count). The molecule has 0 aromatic carbocycles. The van der Waals surface area contributed by atoms with Gasteiger partial charge in [-0.1, -0.05) is 0 Å². The van der Waals surface area contributed by atoms with E-state index in [0.29, 0.717) is 19.6 Å². The number of hydrogen-bond donors (Lipinski definition) is 0. The van der Waals surface area contributed by atoms with E-state index in [1.165, 1.54) is 21.3 Å². The summed E-state index contributed by atoms with van der Waals surface area (Å²) in [6.07, 6.45) is 0.835. The van der Waals surface area contributed by atoms with Crippen LogP contribution in [0.15, 0.2) is 0 Å². The second-order valence-corrected chi connectivity index (χ2v) is 3.69. The Morgan fingerprint density at radius 1 is 1.22 bits per heavy atom. The van der Waals surface area contributed by atoms with Crippen molar-refractivity contribution in [2.75, 3.05) is 47.8 Å². The molecule has 0 aromatic heterocycles. The zero-order valence-electron chi connectivity index (χ0n) is 11.0. The van der Waals surface area contributed by atoms with Crippen molar-refractivity contribution in [1.29, 1.82) is 0 Å². The monoisotopic (exact) mass is 264 g/mol. The third-order valence-corrected chi connectivity index (χ3v) is 2.43. The Balaban J connectivity index is 2.10. The van der Waals surface area contributed by atoms with Gasteiger partial charge in [0, 0.05) is 34.4 Å². The first-order valence-corrected chi connectivity index (χ1v) is 5.70. The Kier molecular flexibility index (Phi) is 6.51. The first-order chi connectivity index (χ1) is 8.68. The van der Waals surface area contributed by atoms with Crippen molar-refractivity contribution in [2.45, 2.75) is 18.5 Å². The zero-order valence-corrected chi connectivity index (χ0v) is 11.0. The van der Waals surface area contributed by atoms with E-state index in [2.05, 4.69) is 0 Å². The zero-order chi connectivity index (χ0) is 13.4. The molecule has 0 bridgehead atoms. The molecule has 1 heterocycles. The summed E-state index contributed by atoms with van der Waals surface area (Å²) in [4.78, 5) is 11.7. The molecule has 0 saturated carbocycles. The SMILES string of the molecule is COC(OC)(OC)C(=O)OCCCOCC1CO1. The van der Waals surface area contributed by atoms with Crippen molar-refractivity contribution >= 4 is 5.97 Å². The second-order valence-electron chi connectivity index (χ2n) is 3.69. The third-order valence-electron chi connectivity index (χ3n) is 2.43. The van der Waals surface area contributed by atoms with Crippen molar-refractivity contribution in [3.63, 3.8) is 0 Å². The highest BCUT2D eigenvalue weighted by Gasteiger charge is 2.41. The van der Waals surface area contributed by atoms with E-state index in [0.717, 1.165) is 6.61 Å². The molecule has 0 amide bonds. The molecule has 0 radical (unpaired) electrons. The van der Waals surface area contributed by atoms with Crippen LogP contribution in [0, 0.1) is 0 Å². The maximum absolute atomic E-state index is 11.7. The van der Waals surface area contributed by atoms with Crippen LogP contribution in [-0.2, 0) is 33.2 Å². The summed E-state index contributed by atoms with van der Waals surface area (Å²) in [5.74, 6) is -2.51. The molecule has 1 fully saturated rings. The van der Waals surface area contributed by atoms with Gasteiger partial charge in [0.25, 0.3) is 0 Å². The molecule has 1 atom stereocenters. The Morgan fingerprint density at radius 3 is 2.33 bits per heavy atom. The number of epoxide rings is 1. The standard InChI is InChI=1S/C11H20O7/c1-13-11(14-2,15-3)10(12)17-6-4-5-16-7-9-8-18-9/h9H,4-8H2,1-3H3. The largest absolute Gasteiger partial charge is 0.460 e. The Labute approximate surface area is 106 Å². The molecule has 1 saturated heterocycles. The van der Waals surface area contributed by atoms with Crippen LogP contribution in [0.1, 0.15) is 6.42 Å². The molecule has 1 unspecified atom stereocenters. The van der Waals surface area contributed by atoms with E-state index in [-0.39, 0.29) is 12.7 Å². The fourth-order valence-electron chi connectivity index (χ4n) is 1.29. The quantitative estimate of drug-likeness (QED) is 0.236. The maximum Gasteiger partial charge on any atom is 0.398 e. The predicted molar refractivity (Wildman–Crippen MR) is 59.9 cm³/mol. The van der Waals surface area contributed by atoms with Crippen LogP contribution in [0.25, 0.3) is 0 Å². The fourth-order valence-corrected chi connectivity index (χ4v) is 1.29.